The molecule has 4 nitrogen and oxygen atoms in total. The first-order valence-corrected chi connectivity index (χ1v) is 7.11. The molecule has 1 fully saturated rings. The average molecular weight is 333 g/mol. The van der Waals surface area contributed by atoms with Crippen LogP contribution in [0.2, 0.25) is 0 Å². The van der Waals surface area contributed by atoms with Crippen molar-refractivity contribution in [3.63, 3.8) is 0 Å². The number of β-amino-alcohol motifs (C(OH)–C–C–N with tert-alkyl or cyclic N) is 1. The van der Waals surface area contributed by atoms with E-state index in [1.54, 1.807) is 12.1 Å². The minimum Gasteiger partial charge on any atom is -0.390 e. The maximum absolute atomic E-state index is 13.6. The van der Waals surface area contributed by atoms with Crippen LogP contribution in [-0.2, 0) is 4.74 Å². The van der Waals surface area contributed by atoms with Crippen molar-refractivity contribution in [1.29, 1.82) is 0 Å². The molecule has 2 N–H and O–H groups in total. The number of nitrogens with zero attached hydrogens (tertiary/aromatic N) is 1. The molecular formula is C13H18BrFN2O2. The molecule has 1 aromatic rings. The summed E-state index contributed by atoms with van der Waals surface area (Å²) in [6, 6.07) is 4.82. The number of morpholine rings is 1. The SMILES string of the molecule is OC(CNc1ccc(Br)cc1F)CN1CCOCC1. The molecule has 1 aliphatic heterocycles. The predicted octanol–water partition coefficient (Wildman–Crippen LogP) is 1.69. The molecule has 0 aromatic heterocycles. The van der Waals surface area contributed by atoms with E-state index in [0.29, 0.717) is 36.5 Å². The Morgan fingerprint density at radius 2 is 2.16 bits per heavy atom. The quantitative estimate of drug-likeness (QED) is 0.861. The first kappa shape index (κ1) is 14.7. The van der Waals surface area contributed by atoms with Crippen molar-refractivity contribution in [1.82, 2.24) is 4.90 Å². The number of anilines is 1. The molecule has 6 heteroatoms. The number of nitrogens with one attached hydrogen (secondary N) is 1. The van der Waals surface area contributed by atoms with Crippen molar-refractivity contribution < 1.29 is 14.2 Å². The van der Waals surface area contributed by atoms with Crippen molar-refractivity contribution >= 4 is 21.6 Å². The molecule has 1 heterocycles. The van der Waals surface area contributed by atoms with Gasteiger partial charge in [-0.05, 0) is 18.2 Å². The highest BCUT2D eigenvalue weighted by molar-refractivity contribution is 9.10. The lowest BCUT2D eigenvalue weighted by atomic mass is 10.2. The van der Waals surface area contributed by atoms with Gasteiger partial charge in [-0.3, -0.25) is 4.90 Å². The highest BCUT2D eigenvalue weighted by Crippen LogP contribution is 2.19. The number of benzene rings is 1. The third kappa shape index (κ3) is 4.72. The van der Waals surface area contributed by atoms with Gasteiger partial charge in [-0.15, -0.1) is 0 Å². The van der Waals surface area contributed by atoms with Gasteiger partial charge in [0, 0.05) is 30.7 Å². The molecule has 1 atom stereocenters. The fourth-order valence-corrected chi connectivity index (χ4v) is 2.34. The third-order valence-electron chi connectivity index (χ3n) is 3.03. The van der Waals surface area contributed by atoms with Crippen LogP contribution in [0.15, 0.2) is 22.7 Å². The Morgan fingerprint density at radius 1 is 1.42 bits per heavy atom. The fraction of sp³-hybridized carbons (Fsp3) is 0.538. The van der Waals surface area contributed by atoms with Crippen molar-refractivity contribution in [2.24, 2.45) is 0 Å². The Hall–Kier alpha value is -0.690. The smallest absolute Gasteiger partial charge is 0.147 e. The Kier molecular flexibility index (Phi) is 5.57. The number of ether oxygens (including phenoxy) is 1. The van der Waals surface area contributed by atoms with Gasteiger partial charge in [-0.2, -0.15) is 0 Å². The summed E-state index contributed by atoms with van der Waals surface area (Å²) in [5, 5.41) is 12.9. The Bertz CT molecular complexity index is 414. The minimum atomic E-state index is -0.527. The molecule has 0 aliphatic carbocycles. The van der Waals surface area contributed by atoms with Crippen LogP contribution in [0.3, 0.4) is 0 Å². The molecule has 1 aromatic carbocycles. The van der Waals surface area contributed by atoms with Gasteiger partial charge in [0.25, 0.3) is 0 Å². The zero-order valence-electron chi connectivity index (χ0n) is 10.6. The van der Waals surface area contributed by atoms with Gasteiger partial charge in [0.1, 0.15) is 5.82 Å². The summed E-state index contributed by atoms with van der Waals surface area (Å²) in [6.07, 6.45) is -0.527. The highest BCUT2D eigenvalue weighted by atomic mass is 79.9. The number of hydrogen-bond donors (Lipinski definition) is 2. The summed E-state index contributed by atoms with van der Waals surface area (Å²) in [7, 11) is 0. The molecule has 0 amide bonds. The van der Waals surface area contributed by atoms with E-state index in [2.05, 4.69) is 26.1 Å². The molecule has 1 aliphatic rings. The van der Waals surface area contributed by atoms with Crippen LogP contribution in [0.1, 0.15) is 0 Å². The second-order valence-corrected chi connectivity index (χ2v) is 5.49. The van der Waals surface area contributed by atoms with Crippen LogP contribution >= 0.6 is 15.9 Å². The monoisotopic (exact) mass is 332 g/mol. The average Bonchev–Trinajstić information content (AvgIpc) is 2.39. The number of hydrogen-bond acceptors (Lipinski definition) is 4. The van der Waals surface area contributed by atoms with Gasteiger partial charge in [0.05, 0.1) is 25.0 Å². The van der Waals surface area contributed by atoms with Crippen molar-refractivity contribution in [3.8, 4) is 0 Å². The zero-order chi connectivity index (χ0) is 13.7. The number of halogens is 2. The lowest BCUT2D eigenvalue weighted by Gasteiger charge is -2.28. The molecule has 0 radical (unpaired) electrons. The summed E-state index contributed by atoms with van der Waals surface area (Å²) >= 11 is 3.21. The molecule has 0 spiro atoms. The van der Waals surface area contributed by atoms with Gasteiger partial charge in [-0.1, -0.05) is 15.9 Å². The summed E-state index contributed by atoms with van der Waals surface area (Å²) in [5.74, 6) is -0.326. The van der Waals surface area contributed by atoms with Crippen LogP contribution in [0, 0.1) is 5.82 Å². The second kappa shape index (κ2) is 7.19. The first-order valence-electron chi connectivity index (χ1n) is 6.32. The first-order chi connectivity index (χ1) is 9.15. The van der Waals surface area contributed by atoms with Crippen LogP contribution < -0.4 is 5.32 Å². The molecule has 19 heavy (non-hydrogen) atoms. The Morgan fingerprint density at radius 3 is 2.84 bits per heavy atom. The molecule has 2 rings (SSSR count). The normalized spacial score (nSPS) is 18.3. The van der Waals surface area contributed by atoms with Crippen molar-refractivity contribution in [3.05, 3.63) is 28.5 Å². The van der Waals surface area contributed by atoms with E-state index in [1.165, 1.54) is 6.07 Å². The predicted molar refractivity (Wildman–Crippen MR) is 75.9 cm³/mol. The maximum Gasteiger partial charge on any atom is 0.147 e. The Labute approximate surface area is 120 Å². The topological polar surface area (TPSA) is 44.7 Å². The van der Waals surface area contributed by atoms with Crippen LogP contribution in [-0.4, -0.2) is 55.5 Å². The molecule has 106 valence electrons. The van der Waals surface area contributed by atoms with E-state index < -0.39 is 6.10 Å². The molecule has 0 bridgehead atoms. The van der Waals surface area contributed by atoms with Crippen LogP contribution in [0.4, 0.5) is 10.1 Å². The van der Waals surface area contributed by atoms with Gasteiger partial charge in [0.15, 0.2) is 0 Å². The second-order valence-electron chi connectivity index (χ2n) is 4.57. The summed E-state index contributed by atoms with van der Waals surface area (Å²) in [5.41, 5.74) is 0.407. The zero-order valence-corrected chi connectivity index (χ0v) is 12.2. The summed E-state index contributed by atoms with van der Waals surface area (Å²) < 4.78 is 19.5. The van der Waals surface area contributed by atoms with Crippen LogP contribution in [0.5, 0.6) is 0 Å². The van der Waals surface area contributed by atoms with E-state index in [1.807, 2.05) is 0 Å². The van der Waals surface area contributed by atoms with Gasteiger partial charge in [0.2, 0.25) is 0 Å². The maximum atomic E-state index is 13.6. The number of aliphatic hydroxyl groups is 1. The lowest BCUT2D eigenvalue weighted by Crippen LogP contribution is -2.42. The van der Waals surface area contributed by atoms with E-state index in [4.69, 9.17) is 4.74 Å². The van der Waals surface area contributed by atoms with Crippen molar-refractivity contribution in [2.75, 3.05) is 44.7 Å². The molecule has 1 saturated heterocycles. The largest absolute Gasteiger partial charge is 0.390 e. The standard InChI is InChI=1S/C13H18BrFN2O2/c14-10-1-2-13(12(15)7-10)16-8-11(18)9-17-3-5-19-6-4-17/h1-2,7,11,16,18H,3-6,8-9H2. The number of aliphatic hydroxyl groups excluding tert-OH is 1. The minimum absolute atomic E-state index is 0.326. The van der Waals surface area contributed by atoms with Gasteiger partial charge >= 0.3 is 0 Å². The van der Waals surface area contributed by atoms with Crippen molar-refractivity contribution in [2.45, 2.75) is 6.10 Å². The van der Waals surface area contributed by atoms with Gasteiger partial charge in [-0.25, -0.2) is 4.39 Å². The number of rotatable bonds is 5. The summed E-state index contributed by atoms with van der Waals surface area (Å²) in [4.78, 5) is 2.15. The highest BCUT2D eigenvalue weighted by Gasteiger charge is 2.15. The summed E-state index contributed by atoms with van der Waals surface area (Å²) in [6.45, 7) is 4.00. The lowest BCUT2D eigenvalue weighted by molar-refractivity contribution is 0.0171. The third-order valence-corrected chi connectivity index (χ3v) is 3.53. The van der Waals surface area contributed by atoms with E-state index in [-0.39, 0.29) is 5.82 Å². The van der Waals surface area contributed by atoms with Gasteiger partial charge < -0.3 is 15.2 Å². The molecular weight excluding hydrogens is 315 g/mol. The van der Waals surface area contributed by atoms with E-state index >= 15 is 0 Å². The van der Waals surface area contributed by atoms with E-state index in [9.17, 15) is 9.50 Å². The molecule has 0 saturated carbocycles. The van der Waals surface area contributed by atoms with Crippen LogP contribution in [0.25, 0.3) is 0 Å². The Balaban J connectivity index is 1.77. The molecule has 1 unspecified atom stereocenters. The fourth-order valence-electron chi connectivity index (χ4n) is 2.01. The van der Waals surface area contributed by atoms with E-state index in [0.717, 1.165) is 13.1 Å².